The van der Waals surface area contributed by atoms with Crippen molar-refractivity contribution in [3.05, 3.63) is 29.8 Å². The summed E-state index contributed by atoms with van der Waals surface area (Å²) >= 11 is 0. The molecule has 2 unspecified atom stereocenters. The molecule has 5 heteroatoms. The van der Waals surface area contributed by atoms with Gasteiger partial charge in [0.15, 0.2) is 5.60 Å². The Bertz CT molecular complexity index is 489. The molecule has 0 fully saturated rings. The summed E-state index contributed by atoms with van der Waals surface area (Å²) in [5.41, 5.74) is -0.429. The second-order valence-electron chi connectivity index (χ2n) is 5.40. The van der Waals surface area contributed by atoms with Gasteiger partial charge in [-0.15, -0.1) is 0 Å². The Morgan fingerprint density at radius 1 is 1.10 bits per heavy atom. The van der Waals surface area contributed by atoms with Crippen LogP contribution in [0.5, 0.6) is 5.75 Å². The molecule has 0 saturated heterocycles. The van der Waals surface area contributed by atoms with Crippen molar-refractivity contribution in [2.45, 2.75) is 39.2 Å². The smallest absolute Gasteiger partial charge is 0.347 e. The number of hydrogen-bond donors (Lipinski definition) is 2. The first-order valence-corrected chi connectivity index (χ1v) is 6.40. The molecule has 2 atom stereocenters. The third kappa shape index (κ3) is 3.73. The average molecular weight is 280 g/mol. The van der Waals surface area contributed by atoms with Crippen LogP contribution in [0.15, 0.2) is 24.3 Å². The summed E-state index contributed by atoms with van der Waals surface area (Å²) in [6, 6.07) is 6.84. The zero-order valence-corrected chi connectivity index (χ0v) is 12.1. The van der Waals surface area contributed by atoms with Gasteiger partial charge >= 0.3 is 11.9 Å². The third-order valence-electron chi connectivity index (χ3n) is 3.43. The number of carboxylic acid groups (broad SMARTS) is 2. The van der Waals surface area contributed by atoms with Gasteiger partial charge in [0.05, 0.1) is 5.92 Å². The molecule has 2 N–H and O–H groups in total. The fourth-order valence-electron chi connectivity index (χ4n) is 1.68. The molecule has 1 aromatic rings. The molecule has 0 heterocycles. The fourth-order valence-corrected chi connectivity index (χ4v) is 1.68. The van der Waals surface area contributed by atoms with Crippen LogP contribution < -0.4 is 4.74 Å². The van der Waals surface area contributed by atoms with E-state index < -0.39 is 23.5 Å². The van der Waals surface area contributed by atoms with Crippen molar-refractivity contribution in [2.24, 2.45) is 5.92 Å². The normalized spacial score (nSPS) is 14.4. The largest absolute Gasteiger partial charge is 0.481 e. The predicted molar refractivity (Wildman–Crippen MR) is 74.0 cm³/mol. The fraction of sp³-hybridized carbons (Fsp3) is 0.467. The summed E-state index contributed by atoms with van der Waals surface area (Å²) < 4.78 is 5.39. The van der Waals surface area contributed by atoms with Gasteiger partial charge in [0.25, 0.3) is 0 Å². The van der Waals surface area contributed by atoms with E-state index in [4.69, 9.17) is 14.9 Å². The van der Waals surface area contributed by atoms with Gasteiger partial charge in [-0.05, 0) is 37.5 Å². The van der Waals surface area contributed by atoms with E-state index in [-0.39, 0.29) is 5.92 Å². The summed E-state index contributed by atoms with van der Waals surface area (Å²) in [4.78, 5) is 21.9. The first-order valence-electron chi connectivity index (χ1n) is 6.40. The molecule has 0 radical (unpaired) electrons. The summed E-state index contributed by atoms with van der Waals surface area (Å²) in [6.07, 6.45) is 0. The lowest BCUT2D eigenvalue weighted by atomic mass is 9.89. The van der Waals surface area contributed by atoms with Crippen molar-refractivity contribution in [3.63, 3.8) is 0 Å². The maximum atomic E-state index is 11.0. The molecule has 0 spiro atoms. The van der Waals surface area contributed by atoms with Gasteiger partial charge in [-0.2, -0.15) is 0 Å². The minimum atomic E-state index is -1.30. The van der Waals surface area contributed by atoms with Crippen LogP contribution in [0.1, 0.15) is 39.2 Å². The van der Waals surface area contributed by atoms with E-state index in [2.05, 4.69) is 0 Å². The highest BCUT2D eigenvalue weighted by molar-refractivity contribution is 5.76. The molecule has 0 aliphatic rings. The predicted octanol–water partition coefficient (Wildman–Crippen LogP) is 2.75. The van der Waals surface area contributed by atoms with E-state index in [1.54, 1.807) is 31.2 Å². The molecule has 0 aliphatic carbocycles. The van der Waals surface area contributed by atoms with Crippen LogP contribution in [0, 0.1) is 5.92 Å². The van der Waals surface area contributed by atoms with Crippen LogP contribution in [-0.4, -0.2) is 27.8 Å². The molecule has 110 valence electrons. The van der Waals surface area contributed by atoms with Crippen LogP contribution in [0.4, 0.5) is 0 Å². The van der Waals surface area contributed by atoms with E-state index >= 15 is 0 Å². The monoisotopic (exact) mass is 280 g/mol. The van der Waals surface area contributed by atoms with Gasteiger partial charge in [-0.25, -0.2) is 4.79 Å². The molecule has 0 aromatic heterocycles. The number of benzene rings is 1. The quantitative estimate of drug-likeness (QED) is 0.837. The van der Waals surface area contributed by atoms with Crippen molar-refractivity contribution in [1.29, 1.82) is 0 Å². The molecule has 1 rings (SSSR count). The van der Waals surface area contributed by atoms with Crippen LogP contribution >= 0.6 is 0 Å². The van der Waals surface area contributed by atoms with Gasteiger partial charge in [0.1, 0.15) is 5.75 Å². The number of carbonyl (C=O) groups is 2. The molecule has 0 saturated carbocycles. The number of hydrogen-bond acceptors (Lipinski definition) is 3. The number of ether oxygens (including phenoxy) is 1. The first-order chi connectivity index (χ1) is 9.15. The SMILES string of the molecule is CC(C(=O)O)C(C)c1ccc(OC(C)(C)C(=O)O)cc1. The maximum Gasteiger partial charge on any atom is 0.347 e. The lowest BCUT2D eigenvalue weighted by Crippen LogP contribution is -2.37. The minimum Gasteiger partial charge on any atom is -0.481 e. The summed E-state index contributed by atoms with van der Waals surface area (Å²) in [5.74, 6) is -2.07. The van der Waals surface area contributed by atoms with Crippen LogP contribution in [-0.2, 0) is 9.59 Å². The molecule has 20 heavy (non-hydrogen) atoms. The Kier molecular flexibility index (Phi) is 4.76. The Hall–Kier alpha value is -2.04. The van der Waals surface area contributed by atoms with Crippen LogP contribution in [0.2, 0.25) is 0 Å². The van der Waals surface area contributed by atoms with Crippen LogP contribution in [0.25, 0.3) is 0 Å². The molecule has 0 amide bonds. The zero-order valence-electron chi connectivity index (χ0n) is 12.1. The van der Waals surface area contributed by atoms with E-state index in [0.717, 1.165) is 5.56 Å². The lowest BCUT2D eigenvalue weighted by Gasteiger charge is -2.22. The lowest BCUT2D eigenvalue weighted by molar-refractivity contribution is -0.152. The van der Waals surface area contributed by atoms with Crippen molar-refractivity contribution < 1.29 is 24.5 Å². The second kappa shape index (κ2) is 5.94. The highest BCUT2D eigenvalue weighted by Crippen LogP contribution is 2.27. The molecule has 5 nitrogen and oxygen atoms in total. The van der Waals surface area contributed by atoms with Crippen molar-refractivity contribution in [3.8, 4) is 5.75 Å². The number of aliphatic carboxylic acids is 2. The third-order valence-corrected chi connectivity index (χ3v) is 3.43. The summed E-state index contributed by atoms with van der Waals surface area (Å²) in [6.45, 7) is 6.44. The average Bonchev–Trinajstić information content (AvgIpc) is 2.37. The van der Waals surface area contributed by atoms with E-state index in [0.29, 0.717) is 5.75 Å². The Morgan fingerprint density at radius 3 is 2.00 bits per heavy atom. The van der Waals surface area contributed by atoms with E-state index in [1.807, 2.05) is 6.92 Å². The van der Waals surface area contributed by atoms with Gasteiger partial charge in [-0.3, -0.25) is 4.79 Å². The molecule has 0 aliphatic heterocycles. The molecule has 1 aromatic carbocycles. The van der Waals surface area contributed by atoms with Crippen LogP contribution in [0.3, 0.4) is 0 Å². The van der Waals surface area contributed by atoms with Gasteiger partial charge in [0, 0.05) is 0 Å². The van der Waals surface area contributed by atoms with Gasteiger partial charge < -0.3 is 14.9 Å². The number of carboxylic acids is 2. The van der Waals surface area contributed by atoms with Crippen molar-refractivity contribution in [1.82, 2.24) is 0 Å². The topological polar surface area (TPSA) is 83.8 Å². The molecular formula is C15H20O5. The summed E-state index contributed by atoms with van der Waals surface area (Å²) in [7, 11) is 0. The second-order valence-corrected chi connectivity index (χ2v) is 5.40. The van der Waals surface area contributed by atoms with E-state index in [9.17, 15) is 9.59 Å². The first kappa shape index (κ1) is 16.0. The highest BCUT2D eigenvalue weighted by Gasteiger charge is 2.29. The zero-order chi connectivity index (χ0) is 15.5. The molecule has 0 bridgehead atoms. The minimum absolute atomic E-state index is 0.131. The van der Waals surface area contributed by atoms with Crippen molar-refractivity contribution in [2.75, 3.05) is 0 Å². The Balaban J connectivity index is 2.84. The van der Waals surface area contributed by atoms with Gasteiger partial charge in [-0.1, -0.05) is 26.0 Å². The van der Waals surface area contributed by atoms with Crippen molar-refractivity contribution >= 4 is 11.9 Å². The molecular weight excluding hydrogens is 260 g/mol. The maximum absolute atomic E-state index is 11.0. The van der Waals surface area contributed by atoms with E-state index in [1.165, 1.54) is 13.8 Å². The Labute approximate surface area is 118 Å². The standard InChI is InChI=1S/C15H20O5/c1-9(10(2)13(16)17)11-5-7-12(8-6-11)20-15(3,4)14(18)19/h5-10H,1-4H3,(H,16,17)(H,18,19). The Morgan fingerprint density at radius 2 is 1.60 bits per heavy atom. The van der Waals surface area contributed by atoms with Gasteiger partial charge in [0.2, 0.25) is 0 Å². The number of rotatable bonds is 6. The summed E-state index contributed by atoms with van der Waals surface area (Å²) in [5, 5.41) is 18.0. The highest BCUT2D eigenvalue weighted by atomic mass is 16.5.